The minimum absolute atomic E-state index is 0.200. The first kappa shape index (κ1) is 16.2. The third-order valence-electron chi connectivity index (χ3n) is 3.45. The molecule has 5 nitrogen and oxygen atoms in total. The second-order valence-electron chi connectivity index (χ2n) is 6.50. The molecule has 6 heteroatoms. The zero-order chi connectivity index (χ0) is 15.5. The Hall–Kier alpha value is -1.14. The van der Waals surface area contributed by atoms with E-state index in [0.29, 0.717) is 6.04 Å². The number of aromatic nitrogens is 1. The maximum absolute atomic E-state index is 12.0. The SMILES string of the molecule is C[C@H](NC1CCN(C(=O)OC(C)(C)C)CC1)c1nccs1. The number of nitrogens with one attached hydrogen (secondary N) is 1. The third-order valence-corrected chi connectivity index (χ3v) is 4.41. The molecule has 2 heterocycles. The molecule has 1 aliphatic rings. The van der Waals surface area contributed by atoms with E-state index in [2.05, 4.69) is 17.2 Å². The fraction of sp³-hybridized carbons (Fsp3) is 0.733. The van der Waals surface area contributed by atoms with Crippen molar-refractivity contribution in [2.75, 3.05) is 13.1 Å². The molecule has 2 rings (SSSR count). The van der Waals surface area contributed by atoms with Gasteiger partial charge < -0.3 is 15.0 Å². The number of carbonyl (C=O) groups excluding carboxylic acids is 1. The van der Waals surface area contributed by atoms with Gasteiger partial charge in [-0.25, -0.2) is 9.78 Å². The average molecular weight is 311 g/mol. The zero-order valence-electron chi connectivity index (χ0n) is 13.3. The van der Waals surface area contributed by atoms with Crippen molar-refractivity contribution in [3.8, 4) is 0 Å². The Kier molecular flexibility index (Phi) is 5.22. The lowest BCUT2D eigenvalue weighted by atomic mass is 10.0. The average Bonchev–Trinajstić information content (AvgIpc) is 2.91. The van der Waals surface area contributed by atoms with E-state index in [1.807, 2.05) is 32.3 Å². The lowest BCUT2D eigenvalue weighted by Crippen LogP contribution is -2.46. The number of nitrogens with zero attached hydrogens (tertiary/aromatic N) is 2. The highest BCUT2D eigenvalue weighted by Crippen LogP contribution is 2.20. The van der Waals surface area contributed by atoms with Gasteiger partial charge in [-0.3, -0.25) is 0 Å². The Labute approximate surface area is 130 Å². The van der Waals surface area contributed by atoms with Gasteiger partial charge in [-0.2, -0.15) is 0 Å². The van der Waals surface area contributed by atoms with Crippen LogP contribution in [0, 0.1) is 0 Å². The van der Waals surface area contributed by atoms with Crippen molar-refractivity contribution in [1.29, 1.82) is 0 Å². The summed E-state index contributed by atoms with van der Waals surface area (Å²) in [5.74, 6) is 0. The van der Waals surface area contributed by atoms with Crippen LogP contribution in [0.1, 0.15) is 51.6 Å². The molecule has 0 aliphatic carbocycles. The van der Waals surface area contributed by atoms with Gasteiger partial charge in [0.05, 0.1) is 6.04 Å². The Bertz CT molecular complexity index is 448. The van der Waals surface area contributed by atoms with Crippen LogP contribution in [0.5, 0.6) is 0 Å². The first-order valence-corrected chi connectivity index (χ1v) is 8.36. The molecule has 0 radical (unpaired) electrons. The summed E-state index contributed by atoms with van der Waals surface area (Å²) in [6.07, 6.45) is 3.54. The van der Waals surface area contributed by atoms with Gasteiger partial charge >= 0.3 is 6.09 Å². The molecular weight excluding hydrogens is 286 g/mol. The Balaban J connectivity index is 1.77. The Morgan fingerprint density at radius 2 is 2.14 bits per heavy atom. The monoisotopic (exact) mass is 311 g/mol. The van der Waals surface area contributed by atoms with E-state index in [0.717, 1.165) is 30.9 Å². The van der Waals surface area contributed by atoms with Crippen LogP contribution in [0.3, 0.4) is 0 Å². The molecule has 1 atom stereocenters. The second-order valence-corrected chi connectivity index (χ2v) is 7.43. The number of hydrogen-bond acceptors (Lipinski definition) is 5. The highest BCUT2D eigenvalue weighted by molar-refractivity contribution is 7.09. The van der Waals surface area contributed by atoms with Gasteiger partial charge in [-0.15, -0.1) is 11.3 Å². The Morgan fingerprint density at radius 3 is 2.67 bits per heavy atom. The minimum atomic E-state index is -0.425. The third kappa shape index (κ3) is 4.97. The van der Waals surface area contributed by atoms with Crippen molar-refractivity contribution in [1.82, 2.24) is 15.2 Å². The molecule has 1 aromatic heterocycles. The van der Waals surface area contributed by atoms with E-state index < -0.39 is 5.60 Å². The molecule has 1 fully saturated rings. The molecule has 1 N–H and O–H groups in total. The van der Waals surface area contributed by atoms with Crippen molar-refractivity contribution in [3.05, 3.63) is 16.6 Å². The van der Waals surface area contributed by atoms with Crippen molar-refractivity contribution < 1.29 is 9.53 Å². The molecule has 1 amide bonds. The number of ether oxygens (including phenoxy) is 1. The van der Waals surface area contributed by atoms with Crippen LogP contribution in [0.15, 0.2) is 11.6 Å². The lowest BCUT2D eigenvalue weighted by Gasteiger charge is -2.34. The van der Waals surface area contributed by atoms with Crippen molar-refractivity contribution >= 4 is 17.4 Å². The summed E-state index contributed by atoms with van der Waals surface area (Å²) in [7, 11) is 0. The molecule has 118 valence electrons. The first-order valence-electron chi connectivity index (χ1n) is 7.48. The highest BCUT2D eigenvalue weighted by Gasteiger charge is 2.27. The quantitative estimate of drug-likeness (QED) is 0.931. The largest absolute Gasteiger partial charge is 0.444 e. The minimum Gasteiger partial charge on any atom is -0.444 e. The maximum Gasteiger partial charge on any atom is 0.410 e. The molecule has 1 aliphatic heterocycles. The van der Waals surface area contributed by atoms with Crippen LogP contribution in [0.25, 0.3) is 0 Å². The number of thiazole rings is 1. The van der Waals surface area contributed by atoms with Crippen molar-refractivity contribution in [2.24, 2.45) is 0 Å². The number of hydrogen-bond donors (Lipinski definition) is 1. The van der Waals surface area contributed by atoms with Gasteiger partial charge in [-0.1, -0.05) is 0 Å². The second kappa shape index (κ2) is 6.75. The van der Waals surface area contributed by atoms with Crippen molar-refractivity contribution in [2.45, 2.75) is 58.2 Å². The van der Waals surface area contributed by atoms with Gasteiger partial charge in [0, 0.05) is 30.7 Å². The molecule has 0 aromatic carbocycles. The molecule has 21 heavy (non-hydrogen) atoms. The van der Waals surface area contributed by atoms with E-state index >= 15 is 0 Å². The molecule has 0 spiro atoms. The predicted octanol–water partition coefficient (Wildman–Crippen LogP) is 3.19. The van der Waals surface area contributed by atoms with Crippen LogP contribution in [0.2, 0.25) is 0 Å². The summed E-state index contributed by atoms with van der Waals surface area (Å²) in [4.78, 5) is 18.1. The molecule has 0 unspecified atom stereocenters. The first-order chi connectivity index (χ1) is 9.85. The van der Waals surface area contributed by atoms with E-state index in [4.69, 9.17) is 4.74 Å². The molecule has 0 saturated carbocycles. The number of likely N-dealkylation sites (tertiary alicyclic amines) is 1. The van der Waals surface area contributed by atoms with Gasteiger partial charge in [-0.05, 0) is 40.5 Å². The summed E-state index contributed by atoms with van der Waals surface area (Å²) in [6, 6.07) is 0.700. The molecule has 1 aromatic rings. The standard InChI is InChI=1S/C15H25N3O2S/c1-11(13-16-7-10-21-13)17-12-5-8-18(9-6-12)14(19)20-15(2,3)4/h7,10-12,17H,5-6,8-9H2,1-4H3/t11-/m0/s1. The fourth-order valence-electron chi connectivity index (χ4n) is 2.43. The zero-order valence-corrected chi connectivity index (χ0v) is 14.1. The topological polar surface area (TPSA) is 54.5 Å². The van der Waals surface area contributed by atoms with Gasteiger partial charge in [0.2, 0.25) is 0 Å². The van der Waals surface area contributed by atoms with Gasteiger partial charge in [0.1, 0.15) is 10.6 Å². The van der Waals surface area contributed by atoms with Crippen LogP contribution < -0.4 is 5.32 Å². The van der Waals surface area contributed by atoms with Crippen LogP contribution in [0.4, 0.5) is 4.79 Å². The smallest absolute Gasteiger partial charge is 0.410 e. The number of piperidine rings is 1. The van der Waals surface area contributed by atoms with E-state index in [1.165, 1.54) is 0 Å². The summed E-state index contributed by atoms with van der Waals surface area (Å²) in [5.41, 5.74) is -0.425. The van der Waals surface area contributed by atoms with E-state index in [-0.39, 0.29) is 12.1 Å². The number of amides is 1. The number of rotatable bonds is 3. The lowest BCUT2D eigenvalue weighted by molar-refractivity contribution is 0.0196. The van der Waals surface area contributed by atoms with Crippen LogP contribution in [-0.4, -0.2) is 40.7 Å². The normalized spacial score (nSPS) is 18.6. The van der Waals surface area contributed by atoms with Crippen LogP contribution >= 0.6 is 11.3 Å². The summed E-state index contributed by atoms with van der Waals surface area (Å²) < 4.78 is 5.41. The summed E-state index contributed by atoms with van der Waals surface area (Å²) in [5, 5.41) is 6.71. The fourth-order valence-corrected chi connectivity index (χ4v) is 3.08. The summed E-state index contributed by atoms with van der Waals surface area (Å²) >= 11 is 1.67. The molecule has 0 bridgehead atoms. The van der Waals surface area contributed by atoms with E-state index in [9.17, 15) is 4.79 Å². The number of carbonyl (C=O) groups is 1. The van der Waals surface area contributed by atoms with Crippen molar-refractivity contribution in [3.63, 3.8) is 0 Å². The van der Waals surface area contributed by atoms with Gasteiger partial charge in [0.15, 0.2) is 0 Å². The summed E-state index contributed by atoms with van der Waals surface area (Å²) in [6.45, 7) is 9.33. The highest BCUT2D eigenvalue weighted by atomic mass is 32.1. The molecular formula is C15H25N3O2S. The van der Waals surface area contributed by atoms with Gasteiger partial charge in [0.25, 0.3) is 0 Å². The maximum atomic E-state index is 12.0. The molecule has 1 saturated heterocycles. The van der Waals surface area contributed by atoms with Crippen LogP contribution in [-0.2, 0) is 4.74 Å². The van der Waals surface area contributed by atoms with E-state index in [1.54, 1.807) is 16.2 Å². The Morgan fingerprint density at radius 1 is 1.48 bits per heavy atom. The predicted molar refractivity (Wildman–Crippen MR) is 84.5 cm³/mol.